The first-order valence-corrected chi connectivity index (χ1v) is 4.93. The van der Waals surface area contributed by atoms with Crippen LogP contribution in [0.1, 0.15) is 12.5 Å². The van der Waals surface area contributed by atoms with Crippen LogP contribution in [0.3, 0.4) is 0 Å². The molecule has 0 aliphatic rings. The van der Waals surface area contributed by atoms with Gasteiger partial charge in [-0.3, -0.25) is 4.79 Å². The first-order valence-electron chi connectivity index (χ1n) is 4.93. The summed E-state index contributed by atoms with van der Waals surface area (Å²) < 4.78 is 12.9. The lowest BCUT2D eigenvalue weighted by atomic mass is 10.1. The van der Waals surface area contributed by atoms with Crippen molar-refractivity contribution in [3.63, 3.8) is 0 Å². The van der Waals surface area contributed by atoms with E-state index >= 15 is 0 Å². The van der Waals surface area contributed by atoms with Crippen molar-refractivity contribution < 1.29 is 9.18 Å². The van der Waals surface area contributed by atoms with Gasteiger partial charge in [0, 0.05) is 13.6 Å². The minimum Gasteiger partial charge on any atom is -0.340 e. The van der Waals surface area contributed by atoms with Crippen LogP contribution in [0.4, 0.5) is 4.39 Å². The van der Waals surface area contributed by atoms with E-state index in [9.17, 15) is 9.18 Å². The van der Waals surface area contributed by atoms with Crippen molar-refractivity contribution in [2.24, 2.45) is 5.92 Å². The maximum atomic E-state index is 12.9. The van der Waals surface area contributed by atoms with Gasteiger partial charge in [0.25, 0.3) is 0 Å². The second kappa shape index (κ2) is 5.26. The zero-order valence-corrected chi connectivity index (χ0v) is 9.27. The normalized spacial score (nSPS) is 11.6. The molecule has 0 radical (unpaired) electrons. The zero-order valence-electron chi connectivity index (χ0n) is 9.27. The highest BCUT2D eigenvalue weighted by atomic mass is 19.1. The number of amides is 1. The Bertz CT molecular complexity index is 425. The van der Waals surface area contributed by atoms with E-state index in [2.05, 4.69) is 0 Å². The predicted octanol–water partition coefficient (Wildman–Crippen LogP) is 1.94. The Hall–Kier alpha value is -1.89. The number of nitrogens with zero attached hydrogens (tertiary/aromatic N) is 2. The fourth-order valence-electron chi connectivity index (χ4n) is 1.37. The zero-order chi connectivity index (χ0) is 12.1. The highest BCUT2D eigenvalue weighted by molar-refractivity contribution is 5.80. The van der Waals surface area contributed by atoms with Gasteiger partial charge in [0.2, 0.25) is 5.91 Å². The molecule has 16 heavy (non-hydrogen) atoms. The molecule has 1 amide bonds. The van der Waals surface area contributed by atoms with E-state index in [-0.39, 0.29) is 11.7 Å². The fourth-order valence-corrected chi connectivity index (χ4v) is 1.37. The van der Waals surface area contributed by atoms with Crippen LogP contribution in [-0.2, 0) is 11.3 Å². The van der Waals surface area contributed by atoms with Crippen LogP contribution in [0.25, 0.3) is 0 Å². The summed E-state index contributed by atoms with van der Waals surface area (Å²) in [6.07, 6.45) is 0. The van der Waals surface area contributed by atoms with Gasteiger partial charge in [-0.05, 0) is 24.6 Å². The van der Waals surface area contributed by atoms with Crippen LogP contribution < -0.4 is 0 Å². The van der Waals surface area contributed by atoms with E-state index in [1.807, 2.05) is 6.07 Å². The van der Waals surface area contributed by atoms with Crippen molar-refractivity contribution in [3.8, 4) is 6.07 Å². The molecular formula is C12H13FN2O. The average molecular weight is 220 g/mol. The Balaban J connectivity index is 2.68. The van der Waals surface area contributed by atoms with E-state index in [4.69, 9.17) is 5.26 Å². The van der Waals surface area contributed by atoms with Crippen molar-refractivity contribution in [1.82, 2.24) is 4.90 Å². The van der Waals surface area contributed by atoms with Crippen LogP contribution in [0.5, 0.6) is 0 Å². The summed E-state index contributed by atoms with van der Waals surface area (Å²) in [4.78, 5) is 13.0. The molecule has 0 bridgehead atoms. The van der Waals surface area contributed by atoms with Crippen molar-refractivity contribution >= 4 is 5.91 Å². The lowest BCUT2D eigenvalue weighted by Crippen LogP contribution is -2.30. The summed E-state index contributed by atoms with van der Waals surface area (Å²) in [5.41, 5.74) is 0.709. The molecule has 0 saturated heterocycles. The van der Waals surface area contributed by atoms with Gasteiger partial charge in [-0.15, -0.1) is 0 Å². The van der Waals surface area contributed by atoms with Crippen molar-refractivity contribution in [2.45, 2.75) is 13.5 Å². The van der Waals surface area contributed by atoms with E-state index in [0.29, 0.717) is 12.1 Å². The van der Waals surface area contributed by atoms with Gasteiger partial charge in [-0.25, -0.2) is 4.39 Å². The number of carbonyl (C=O) groups excluding carboxylic acids is 1. The third-order valence-corrected chi connectivity index (χ3v) is 2.25. The van der Waals surface area contributed by atoms with Crippen molar-refractivity contribution in [3.05, 3.63) is 35.6 Å². The van der Waals surface area contributed by atoms with Crippen LogP contribution in [0, 0.1) is 23.1 Å². The number of hydrogen-bond donors (Lipinski definition) is 0. The molecule has 0 spiro atoms. The quantitative estimate of drug-likeness (QED) is 0.781. The third kappa shape index (κ3) is 3.06. The molecule has 0 aliphatic heterocycles. The summed E-state index contributed by atoms with van der Waals surface area (Å²) in [5, 5.41) is 8.61. The molecule has 0 saturated carbocycles. The van der Waals surface area contributed by atoms with Crippen molar-refractivity contribution in [2.75, 3.05) is 7.05 Å². The van der Waals surface area contributed by atoms with Gasteiger partial charge in [0.05, 0.1) is 6.07 Å². The second-order valence-electron chi connectivity index (χ2n) is 3.68. The molecule has 1 atom stereocenters. The molecule has 0 aliphatic carbocycles. The maximum Gasteiger partial charge on any atom is 0.239 e. The van der Waals surface area contributed by atoms with Gasteiger partial charge in [-0.2, -0.15) is 5.26 Å². The second-order valence-corrected chi connectivity index (χ2v) is 3.68. The highest BCUT2D eigenvalue weighted by Crippen LogP contribution is 2.08. The molecular weight excluding hydrogens is 207 g/mol. The largest absolute Gasteiger partial charge is 0.340 e. The minimum atomic E-state index is -0.668. The number of carbonyl (C=O) groups is 1. The molecule has 4 heteroatoms. The first kappa shape index (κ1) is 12.2. The van der Waals surface area contributed by atoms with Gasteiger partial charge in [0.1, 0.15) is 11.7 Å². The smallest absolute Gasteiger partial charge is 0.239 e. The molecule has 1 aromatic carbocycles. The number of benzene rings is 1. The number of rotatable bonds is 3. The van der Waals surface area contributed by atoms with Crippen LogP contribution in [0.15, 0.2) is 24.3 Å². The average Bonchev–Trinajstić information content (AvgIpc) is 2.27. The standard InChI is InChI=1S/C12H13FN2O/c1-9(7-14)12(16)15(2)8-10-4-3-5-11(13)6-10/h3-6,9H,8H2,1-2H3. The number of halogens is 1. The Kier molecular flexibility index (Phi) is 4.01. The summed E-state index contributed by atoms with van der Waals surface area (Å²) >= 11 is 0. The predicted molar refractivity (Wildman–Crippen MR) is 57.7 cm³/mol. The van der Waals surface area contributed by atoms with Gasteiger partial charge >= 0.3 is 0 Å². The van der Waals surface area contributed by atoms with Crippen LogP contribution >= 0.6 is 0 Å². The van der Waals surface area contributed by atoms with Crippen LogP contribution in [0.2, 0.25) is 0 Å². The molecule has 0 N–H and O–H groups in total. The Morgan fingerprint density at radius 1 is 1.62 bits per heavy atom. The summed E-state index contributed by atoms with van der Waals surface area (Å²) in [6, 6.07) is 7.94. The van der Waals surface area contributed by atoms with E-state index in [1.165, 1.54) is 17.0 Å². The van der Waals surface area contributed by atoms with E-state index < -0.39 is 5.92 Å². The molecule has 1 unspecified atom stereocenters. The molecule has 3 nitrogen and oxygen atoms in total. The molecule has 0 aromatic heterocycles. The molecule has 84 valence electrons. The summed E-state index contributed by atoms with van der Waals surface area (Å²) in [7, 11) is 1.60. The maximum absolute atomic E-state index is 12.9. The molecule has 0 heterocycles. The minimum absolute atomic E-state index is 0.258. The number of nitriles is 1. The molecule has 0 fully saturated rings. The van der Waals surface area contributed by atoms with Gasteiger partial charge < -0.3 is 4.90 Å². The lowest BCUT2D eigenvalue weighted by Gasteiger charge is -2.18. The van der Waals surface area contributed by atoms with E-state index in [1.54, 1.807) is 26.1 Å². The third-order valence-electron chi connectivity index (χ3n) is 2.25. The Morgan fingerprint density at radius 2 is 2.31 bits per heavy atom. The van der Waals surface area contributed by atoms with Crippen LogP contribution in [-0.4, -0.2) is 17.9 Å². The topological polar surface area (TPSA) is 44.1 Å². The summed E-state index contributed by atoms with van der Waals surface area (Å²) in [6.45, 7) is 1.85. The Morgan fingerprint density at radius 3 is 2.88 bits per heavy atom. The fraction of sp³-hybridized carbons (Fsp3) is 0.333. The highest BCUT2D eigenvalue weighted by Gasteiger charge is 2.16. The van der Waals surface area contributed by atoms with E-state index in [0.717, 1.165) is 0 Å². The lowest BCUT2D eigenvalue weighted by molar-refractivity contribution is -0.132. The first-order chi connectivity index (χ1) is 7.54. The van der Waals surface area contributed by atoms with Gasteiger partial charge in [-0.1, -0.05) is 12.1 Å². The SMILES string of the molecule is CC(C#N)C(=O)N(C)Cc1cccc(F)c1. The molecule has 1 aromatic rings. The number of hydrogen-bond acceptors (Lipinski definition) is 2. The monoisotopic (exact) mass is 220 g/mol. The van der Waals surface area contributed by atoms with Crippen molar-refractivity contribution in [1.29, 1.82) is 5.26 Å². The summed E-state index contributed by atoms with van der Waals surface area (Å²) in [5.74, 6) is -1.25. The Labute approximate surface area is 94.1 Å². The molecule has 1 rings (SSSR count). The van der Waals surface area contributed by atoms with Gasteiger partial charge in [0.15, 0.2) is 0 Å².